The topological polar surface area (TPSA) is 209 Å². The van der Waals surface area contributed by atoms with Crippen LogP contribution < -0.4 is 27.4 Å². The fraction of sp³-hybridized carbons (Fsp3) is 0.350. The summed E-state index contributed by atoms with van der Waals surface area (Å²) < 4.78 is 0. The van der Waals surface area contributed by atoms with Gasteiger partial charge in [0.15, 0.2) is 0 Å². The van der Waals surface area contributed by atoms with Gasteiger partial charge in [-0.2, -0.15) is 12.6 Å². The molecular weight excluding hydrogens is 452 g/mol. The van der Waals surface area contributed by atoms with Gasteiger partial charge in [-0.25, -0.2) is 4.79 Å². The number of rotatable bonds is 12. The molecule has 1 aromatic heterocycles. The van der Waals surface area contributed by atoms with Gasteiger partial charge in [0.25, 0.3) is 0 Å². The van der Waals surface area contributed by atoms with E-state index in [1.54, 1.807) is 6.20 Å². The number of nitrogens with one attached hydrogen (secondary N) is 4. The number of aromatic amines is 1. The Bertz CT molecular complexity index is 1040. The highest BCUT2D eigenvalue weighted by atomic mass is 32.1. The summed E-state index contributed by atoms with van der Waals surface area (Å²) >= 11 is 3.85. The van der Waals surface area contributed by atoms with Crippen LogP contribution >= 0.6 is 12.6 Å². The molecule has 0 saturated heterocycles. The Labute approximate surface area is 194 Å². The van der Waals surface area contributed by atoms with Gasteiger partial charge in [-0.3, -0.25) is 19.2 Å². The number of aliphatic carboxylic acids is 1. The highest BCUT2D eigenvalue weighted by Gasteiger charge is 2.26. The number of fused-ring (bicyclic) bond motifs is 1. The molecule has 0 bridgehead atoms. The first kappa shape index (κ1) is 25.7. The van der Waals surface area contributed by atoms with Crippen molar-refractivity contribution in [1.82, 2.24) is 20.9 Å². The lowest BCUT2D eigenvalue weighted by Crippen LogP contribution is -2.54. The Hall–Kier alpha value is -3.58. The standard InChI is InChI=1S/C20H26N6O6S/c21-12(6-16(22)27)18(29)26-14(5-10-7-23-13-4-2-1-3-11(10)13)19(30)24-8-17(28)25-15(9-33)20(31)32/h1-4,7,12,14-15,23,33H,5-6,8-9,21H2,(H2,22,27)(H,24,30)(H,25,28)(H,26,29)(H,31,32). The fourth-order valence-electron chi connectivity index (χ4n) is 3.04. The maximum absolute atomic E-state index is 12.8. The summed E-state index contributed by atoms with van der Waals surface area (Å²) in [6.07, 6.45) is 1.34. The number of carboxylic acid groups (broad SMARTS) is 1. The number of thiol groups is 1. The SMILES string of the molecule is NC(=O)CC(N)C(=O)NC(Cc1c[nH]c2ccccc12)C(=O)NCC(=O)NC(CS)C(=O)O. The molecule has 1 heterocycles. The molecule has 4 amide bonds. The van der Waals surface area contributed by atoms with Gasteiger partial charge >= 0.3 is 5.97 Å². The van der Waals surface area contributed by atoms with Crippen molar-refractivity contribution in [1.29, 1.82) is 0 Å². The van der Waals surface area contributed by atoms with Crippen molar-refractivity contribution in [3.8, 4) is 0 Å². The lowest BCUT2D eigenvalue weighted by molar-refractivity contribution is -0.141. The van der Waals surface area contributed by atoms with Crippen molar-refractivity contribution in [2.24, 2.45) is 11.5 Å². The van der Waals surface area contributed by atoms with Gasteiger partial charge in [-0.1, -0.05) is 18.2 Å². The van der Waals surface area contributed by atoms with Crippen LogP contribution in [0, 0.1) is 0 Å². The monoisotopic (exact) mass is 478 g/mol. The van der Waals surface area contributed by atoms with Crippen molar-refractivity contribution in [3.63, 3.8) is 0 Å². The van der Waals surface area contributed by atoms with Crippen LogP contribution in [-0.2, 0) is 30.4 Å². The molecule has 0 saturated carbocycles. The molecule has 9 N–H and O–H groups in total. The third-order valence-electron chi connectivity index (χ3n) is 4.73. The van der Waals surface area contributed by atoms with Crippen LogP contribution in [0.25, 0.3) is 10.9 Å². The lowest BCUT2D eigenvalue weighted by Gasteiger charge is -2.20. The first-order valence-electron chi connectivity index (χ1n) is 9.92. The van der Waals surface area contributed by atoms with Crippen molar-refractivity contribution in [3.05, 3.63) is 36.0 Å². The summed E-state index contributed by atoms with van der Waals surface area (Å²) in [6, 6.07) is 3.74. The molecule has 33 heavy (non-hydrogen) atoms. The van der Waals surface area contributed by atoms with E-state index in [0.29, 0.717) is 0 Å². The Morgan fingerprint density at radius 3 is 2.39 bits per heavy atom. The molecule has 1 aromatic carbocycles. The van der Waals surface area contributed by atoms with E-state index < -0.39 is 60.7 Å². The number of nitrogens with two attached hydrogens (primary N) is 2. The van der Waals surface area contributed by atoms with Gasteiger partial charge in [0.05, 0.1) is 19.0 Å². The second-order valence-electron chi connectivity index (χ2n) is 7.26. The van der Waals surface area contributed by atoms with Crippen LogP contribution in [0.5, 0.6) is 0 Å². The Morgan fingerprint density at radius 2 is 1.76 bits per heavy atom. The van der Waals surface area contributed by atoms with E-state index in [9.17, 15) is 24.0 Å². The Balaban J connectivity index is 2.12. The minimum Gasteiger partial charge on any atom is -0.480 e. The molecular formula is C20H26N6O6S. The number of aromatic nitrogens is 1. The van der Waals surface area contributed by atoms with Crippen LogP contribution in [0.4, 0.5) is 0 Å². The van der Waals surface area contributed by atoms with Crippen molar-refractivity contribution in [2.45, 2.75) is 31.0 Å². The molecule has 3 unspecified atom stereocenters. The quantitative estimate of drug-likeness (QED) is 0.161. The van der Waals surface area contributed by atoms with Gasteiger partial charge in [0.2, 0.25) is 23.6 Å². The highest BCUT2D eigenvalue weighted by molar-refractivity contribution is 7.80. The van der Waals surface area contributed by atoms with E-state index in [2.05, 4.69) is 33.6 Å². The molecule has 0 aliphatic heterocycles. The molecule has 178 valence electrons. The summed E-state index contributed by atoms with van der Waals surface area (Å²) in [5.74, 6) is -4.38. The van der Waals surface area contributed by atoms with Crippen molar-refractivity contribution >= 4 is 53.1 Å². The molecule has 3 atom stereocenters. The van der Waals surface area contributed by atoms with Crippen LogP contribution in [0.3, 0.4) is 0 Å². The first-order chi connectivity index (χ1) is 15.6. The van der Waals surface area contributed by atoms with Crippen LogP contribution in [-0.4, -0.2) is 70.1 Å². The zero-order valence-corrected chi connectivity index (χ0v) is 18.4. The maximum Gasteiger partial charge on any atom is 0.327 e. The average Bonchev–Trinajstić information content (AvgIpc) is 3.17. The number of carbonyl (C=O) groups excluding carboxylic acids is 4. The Kier molecular flexibility index (Phi) is 9.24. The Morgan fingerprint density at radius 1 is 1.06 bits per heavy atom. The van der Waals surface area contributed by atoms with E-state index in [-0.39, 0.29) is 12.2 Å². The smallest absolute Gasteiger partial charge is 0.327 e. The third kappa shape index (κ3) is 7.50. The maximum atomic E-state index is 12.8. The van der Waals surface area contributed by atoms with Gasteiger partial charge in [0.1, 0.15) is 12.1 Å². The van der Waals surface area contributed by atoms with E-state index >= 15 is 0 Å². The number of benzene rings is 1. The average molecular weight is 479 g/mol. The zero-order chi connectivity index (χ0) is 24.5. The van der Waals surface area contributed by atoms with Gasteiger partial charge in [-0.15, -0.1) is 0 Å². The predicted molar refractivity (Wildman–Crippen MR) is 122 cm³/mol. The number of primary amides is 1. The number of H-pyrrole nitrogens is 1. The van der Waals surface area contributed by atoms with Crippen LogP contribution in [0.1, 0.15) is 12.0 Å². The van der Waals surface area contributed by atoms with Gasteiger partial charge in [-0.05, 0) is 11.6 Å². The molecule has 0 aliphatic rings. The number of carboxylic acids is 1. The largest absolute Gasteiger partial charge is 0.480 e. The number of amides is 4. The minimum atomic E-state index is -1.27. The first-order valence-corrected chi connectivity index (χ1v) is 10.6. The van der Waals surface area contributed by atoms with E-state index in [1.165, 1.54) is 0 Å². The number of hydrogen-bond donors (Lipinski definition) is 8. The molecule has 2 rings (SSSR count). The van der Waals surface area contributed by atoms with Crippen molar-refractivity contribution in [2.75, 3.05) is 12.3 Å². The highest BCUT2D eigenvalue weighted by Crippen LogP contribution is 2.19. The number of carbonyl (C=O) groups is 5. The van der Waals surface area contributed by atoms with E-state index in [1.807, 2.05) is 24.3 Å². The van der Waals surface area contributed by atoms with Gasteiger partial charge < -0.3 is 37.5 Å². The van der Waals surface area contributed by atoms with Crippen LogP contribution in [0.15, 0.2) is 30.5 Å². The zero-order valence-electron chi connectivity index (χ0n) is 17.5. The summed E-state index contributed by atoms with van der Waals surface area (Å²) in [7, 11) is 0. The predicted octanol–water partition coefficient (Wildman–Crippen LogP) is -1.99. The third-order valence-corrected chi connectivity index (χ3v) is 5.09. The van der Waals surface area contributed by atoms with E-state index in [4.69, 9.17) is 16.6 Å². The molecule has 0 radical (unpaired) electrons. The summed E-state index contributed by atoms with van der Waals surface area (Å²) in [5.41, 5.74) is 12.3. The van der Waals surface area contributed by atoms with E-state index in [0.717, 1.165) is 16.5 Å². The normalized spacial score (nSPS) is 13.5. The lowest BCUT2D eigenvalue weighted by atomic mass is 10.0. The molecule has 2 aromatic rings. The van der Waals surface area contributed by atoms with Crippen LogP contribution in [0.2, 0.25) is 0 Å². The molecule has 0 spiro atoms. The molecule has 0 aliphatic carbocycles. The second-order valence-corrected chi connectivity index (χ2v) is 7.63. The number of hydrogen-bond acceptors (Lipinski definition) is 7. The molecule has 0 fully saturated rings. The molecule has 12 nitrogen and oxygen atoms in total. The fourth-order valence-corrected chi connectivity index (χ4v) is 3.29. The van der Waals surface area contributed by atoms with Gasteiger partial charge in [0, 0.05) is 29.3 Å². The second kappa shape index (κ2) is 11.9. The summed E-state index contributed by atoms with van der Waals surface area (Å²) in [6.45, 7) is -0.524. The summed E-state index contributed by atoms with van der Waals surface area (Å²) in [4.78, 5) is 62.3. The summed E-state index contributed by atoms with van der Waals surface area (Å²) in [5, 5.41) is 16.9. The number of para-hydroxylation sites is 1. The minimum absolute atomic E-state index is 0.0564. The van der Waals surface area contributed by atoms with Crippen molar-refractivity contribution < 1.29 is 29.1 Å². The molecule has 13 heteroatoms.